The molecule has 0 aliphatic carbocycles. The molecule has 0 bridgehead atoms. The Kier molecular flexibility index (Phi) is 7.02. The summed E-state index contributed by atoms with van der Waals surface area (Å²) in [6, 6.07) is 21.4. The van der Waals surface area contributed by atoms with E-state index in [0.717, 1.165) is 28.2 Å². The number of benzene rings is 3. The molecule has 4 aromatic rings. The molecule has 0 spiro atoms. The van der Waals surface area contributed by atoms with Gasteiger partial charge in [0.25, 0.3) is 10.0 Å². The van der Waals surface area contributed by atoms with Crippen molar-refractivity contribution in [3.63, 3.8) is 0 Å². The maximum Gasteiger partial charge on any atom is 0.264 e. The van der Waals surface area contributed by atoms with Crippen LogP contribution in [0.3, 0.4) is 0 Å². The molecule has 1 amide bonds. The zero-order valence-corrected chi connectivity index (χ0v) is 20.8. The maximum absolute atomic E-state index is 13.5. The first-order chi connectivity index (χ1) is 16.8. The van der Waals surface area contributed by atoms with Crippen molar-refractivity contribution in [3.8, 4) is 5.69 Å². The Morgan fingerprint density at radius 1 is 0.971 bits per heavy atom. The van der Waals surface area contributed by atoms with E-state index in [1.54, 1.807) is 30.5 Å². The predicted octanol–water partition coefficient (Wildman–Crippen LogP) is 4.31. The largest absolute Gasteiger partial charge is 0.350 e. The van der Waals surface area contributed by atoms with Crippen LogP contribution in [0.1, 0.15) is 22.5 Å². The second kappa shape index (κ2) is 10.1. The van der Waals surface area contributed by atoms with Crippen LogP contribution in [-0.2, 0) is 21.4 Å². The van der Waals surface area contributed by atoms with E-state index in [0.29, 0.717) is 5.69 Å². The summed E-state index contributed by atoms with van der Waals surface area (Å²) < 4.78 is 30.1. The molecule has 4 rings (SSSR count). The molecule has 1 N–H and O–H groups in total. The van der Waals surface area contributed by atoms with Gasteiger partial charge in [-0.25, -0.2) is 13.4 Å². The lowest BCUT2D eigenvalue weighted by atomic mass is 10.1. The van der Waals surface area contributed by atoms with Crippen LogP contribution >= 0.6 is 0 Å². The number of rotatable bonds is 8. The van der Waals surface area contributed by atoms with Crippen LogP contribution in [0.4, 0.5) is 5.69 Å². The average Bonchev–Trinajstić information content (AvgIpc) is 3.28. The first-order valence-electron chi connectivity index (χ1n) is 11.3. The van der Waals surface area contributed by atoms with Gasteiger partial charge in [0.15, 0.2) is 0 Å². The average molecular weight is 489 g/mol. The molecule has 180 valence electrons. The minimum absolute atomic E-state index is 0.137. The zero-order chi connectivity index (χ0) is 25.0. The molecule has 1 heterocycles. The van der Waals surface area contributed by atoms with Crippen molar-refractivity contribution in [1.29, 1.82) is 0 Å². The Bertz CT molecular complexity index is 1430. The van der Waals surface area contributed by atoms with E-state index >= 15 is 0 Å². The van der Waals surface area contributed by atoms with Crippen molar-refractivity contribution in [2.75, 3.05) is 10.8 Å². The Morgan fingerprint density at radius 2 is 1.69 bits per heavy atom. The predicted molar refractivity (Wildman–Crippen MR) is 137 cm³/mol. The fraction of sp³-hybridized carbons (Fsp3) is 0.185. The summed E-state index contributed by atoms with van der Waals surface area (Å²) in [5.41, 5.74) is 4.16. The number of imidazole rings is 1. The standard InChI is InChI=1S/C27H28N4O3S/c1-20-9-14-26(21(2)17-20)31(35(33,34)25-7-5-4-6-8-25)19-27(32)29-18-23-10-12-24(13-11-23)30-16-15-28-22(30)3/h4-17H,18-19H2,1-3H3,(H,29,32). The second-order valence-corrected chi connectivity index (χ2v) is 10.3. The van der Waals surface area contributed by atoms with Gasteiger partial charge in [-0.1, -0.05) is 48.0 Å². The van der Waals surface area contributed by atoms with Gasteiger partial charge in [0.2, 0.25) is 5.91 Å². The summed E-state index contributed by atoms with van der Waals surface area (Å²) in [6.07, 6.45) is 3.63. The van der Waals surface area contributed by atoms with Crippen LogP contribution in [0.2, 0.25) is 0 Å². The van der Waals surface area contributed by atoms with Crippen molar-refractivity contribution < 1.29 is 13.2 Å². The highest BCUT2D eigenvalue weighted by atomic mass is 32.2. The van der Waals surface area contributed by atoms with Gasteiger partial charge in [-0.2, -0.15) is 0 Å². The molecule has 0 fully saturated rings. The lowest BCUT2D eigenvalue weighted by Crippen LogP contribution is -2.41. The third-order valence-electron chi connectivity index (χ3n) is 5.77. The van der Waals surface area contributed by atoms with Crippen LogP contribution < -0.4 is 9.62 Å². The number of hydrogen-bond acceptors (Lipinski definition) is 4. The highest BCUT2D eigenvalue weighted by molar-refractivity contribution is 7.92. The minimum Gasteiger partial charge on any atom is -0.350 e. The number of amides is 1. The number of nitrogens with one attached hydrogen (secondary N) is 1. The monoisotopic (exact) mass is 488 g/mol. The molecular weight excluding hydrogens is 460 g/mol. The topological polar surface area (TPSA) is 84.3 Å². The van der Waals surface area contributed by atoms with Gasteiger partial charge in [0, 0.05) is 24.6 Å². The van der Waals surface area contributed by atoms with Crippen LogP contribution in [-0.4, -0.2) is 30.4 Å². The molecule has 35 heavy (non-hydrogen) atoms. The van der Waals surface area contributed by atoms with Gasteiger partial charge in [0.05, 0.1) is 10.6 Å². The molecule has 0 radical (unpaired) electrons. The Labute approximate surface area is 206 Å². The van der Waals surface area contributed by atoms with Crippen molar-refractivity contribution in [3.05, 3.63) is 108 Å². The van der Waals surface area contributed by atoms with E-state index in [1.165, 1.54) is 16.4 Å². The zero-order valence-electron chi connectivity index (χ0n) is 20.0. The lowest BCUT2D eigenvalue weighted by molar-refractivity contribution is -0.119. The van der Waals surface area contributed by atoms with Gasteiger partial charge < -0.3 is 9.88 Å². The van der Waals surface area contributed by atoms with Gasteiger partial charge in [-0.05, 0) is 62.2 Å². The number of aromatic nitrogens is 2. The van der Waals surface area contributed by atoms with Crippen LogP contribution in [0.15, 0.2) is 90.1 Å². The molecule has 0 aliphatic heterocycles. The maximum atomic E-state index is 13.5. The Hall–Kier alpha value is -3.91. The van der Waals surface area contributed by atoms with Crippen LogP contribution in [0.25, 0.3) is 5.69 Å². The SMILES string of the molecule is Cc1ccc(N(CC(=O)NCc2ccc(-n3ccnc3C)cc2)S(=O)(=O)c2ccccc2)c(C)c1. The van der Waals surface area contributed by atoms with E-state index in [2.05, 4.69) is 10.3 Å². The second-order valence-electron chi connectivity index (χ2n) is 8.40. The number of aryl methyl sites for hydroxylation is 3. The molecule has 1 aromatic heterocycles. The fourth-order valence-corrected chi connectivity index (χ4v) is 5.42. The number of carbonyl (C=O) groups is 1. The van der Waals surface area contributed by atoms with E-state index in [4.69, 9.17) is 0 Å². The van der Waals surface area contributed by atoms with Crippen molar-refractivity contribution >= 4 is 21.6 Å². The first kappa shape index (κ1) is 24.2. The lowest BCUT2D eigenvalue weighted by Gasteiger charge is -2.26. The quantitative estimate of drug-likeness (QED) is 0.401. The molecule has 3 aromatic carbocycles. The third kappa shape index (κ3) is 5.44. The first-order valence-corrected chi connectivity index (χ1v) is 12.7. The normalized spacial score (nSPS) is 11.3. The molecule has 7 nitrogen and oxygen atoms in total. The highest BCUT2D eigenvalue weighted by Gasteiger charge is 2.28. The highest BCUT2D eigenvalue weighted by Crippen LogP contribution is 2.27. The van der Waals surface area contributed by atoms with Gasteiger partial charge in [0.1, 0.15) is 12.4 Å². The molecule has 0 unspecified atom stereocenters. The summed E-state index contributed by atoms with van der Waals surface area (Å²) in [4.78, 5) is 17.3. The number of hydrogen-bond donors (Lipinski definition) is 1. The number of nitrogens with zero attached hydrogens (tertiary/aromatic N) is 3. The Morgan fingerprint density at radius 3 is 2.31 bits per heavy atom. The van der Waals surface area contributed by atoms with E-state index in [-0.39, 0.29) is 23.9 Å². The van der Waals surface area contributed by atoms with Crippen molar-refractivity contribution in [1.82, 2.24) is 14.9 Å². The summed E-state index contributed by atoms with van der Waals surface area (Å²) in [7, 11) is -3.94. The smallest absolute Gasteiger partial charge is 0.264 e. The van der Waals surface area contributed by atoms with Gasteiger partial charge in [-0.15, -0.1) is 0 Å². The molecule has 8 heteroatoms. The molecule has 0 saturated carbocycles. The molecular formula is C27H28N4O3S. The molecule has 0 atom stereocenters. The summed E-state index contributed by atoms with van der Waals surface area (Å²) in [5, 5.41) is 2.86. The number of carbonyl (C=O) groups excluding carboxylic acids is 1. The summed E-state index contributed by atoms with van der Waals surface area (Å²) in [5.74, 6) is 0.496. The van der Waals surface area contributed by atoms with E-state index in [1.807, 2.05) is 67.9 Å². The van der Waals surface area contributed by atoms with Crippen LogP contribution in [0.5, 0.6) is 0 Å². The van der Waals surface area contributed by atoms with Gasteiger partial charge >= 0.3 is 0 Å². The van der Waals surface area contributed by atoms with Gasteiger partial charge in [-0.3, -0.25) is 9.10 Å². The minimum atomic E-state index is -3.94. The van der Waals surface area contributed by atoms with Crippen molar-refractivity contribution in [2.24, 2.45) is 0 Å². The number of anilines is 1. The van der Waals surface area contributed by atoms with E-state index in [9.17, 15) is 13.2 Å². The molecule has 0 aliphatic rings. The summed E-state index contributed by atoms with van der Waals surface area (Å²) in [6.45, 7) is 5.68. The fourth-order valence-electron chi connectivity index (χ4n) is 3.92. The summed E-state index contributed by atoms with van der Waals surface area (Å²) >= 11 is 0. The molecule has 0 saturated heterocycles. The van der Waals surface area contributed by atoms with Crippen molar-refractivity contribution in [2.45, 2.75) is 32.2 Å². The Balaban J connectivity index is 1.52. The number of sulfonamides is 1. The van der Waals surface area contributed by atoms with Crippen LogP contribution in [0, 0.1) is 20.8 Å². The van der Waals surface area contributed by atoms with E-state index < -0.39 is 10.0 Å². The third-order valence-corrected chi connectivity index (χ3v) is 7.54.